The van der Waals surface area contributed by atoms with E-state index in [1.165, 1.54) is 0 Å². The molecule has 12 heavy (non-hydrogen) atoms. The summed E-state index contributed by atoms with van der Waals surface area (Å²) in [6, 6.07) is 8.54. The van der Waals surface area contributed by atoms with Crippen LogP contribution >= 0.6 is 0 Å². The molecule has 0 aliphatic carbocycles. The van der Waals surface area contributed by atoms with Gasteiger partial charge in [0.25, 0.3) is 0 Å². The van der Waals surface area contributed by atoms with E-state index in [-0.39, 0.29) is 0 Å². The first-order valence-electron chi connectivity index (χ1n) is 3.72. The summed E-state index contributed by atoms with van der Waals surface area (Å²) < 4.78 is 0. The average molecular weight is 167 g/mol. The van der Waals surface area contributed by atoms with Crippen molar-refractivity contribution in [3.63, 3.8) is 0 Å². The number of benzene rings is 1. The van der Waals surface area contributed by atoms with E-state index in [1.807, 2.05) is 30.3 Å². The Bertz CT molecular complexity index is 258. The lowest BCUT2D eigenvalue weighted by atomic mass is 10.1. The van der Waals surface area contributed by atoms with E-state index >= 15 is 0 Å². The van der Waals surface area contributed by atoms with Crippen molar-refractivity contribution in [3.05, 3.63) is 35.9 Å². The molecule has 3 heteroatoms. The molecule has 64 valence electrons. The van der Waals surface area contributed by atoms with Crippen molar-refractivity contribution in [1.29, 1.82) is 0 Å². The molecule has 1 aromatic rings. The van der Waals surface area contributed by atoms with Crippen LogP contribution in [0.4, 0.5) is 0 Å². The van der Waals surface area contributed by atoms with Crippen LogP contribution < -0.4 is 5.73 Å². The molecule has 0 amide bonds. The minimum atomic E-state index is -0.959. The first-order chi connectivity index (χ1) is 5.70. The predicted molar refractivity (Wildman–Crippen MR) is 45.8 cm³/mol. The van der Waals surface area contributed by atoms with Crippen molar-refractivity contribution in [3.8, 4) is 0 Å². The maximum Gasteiger partial charge on any atom is 0.320 e. The SMILES string of the molecule is NC(Cc1ccccc1)[14C](=O)O. The maximum atomic E-state index is 10.4. The van der Waals surface area contributed by atoms with Gasteiger partial charge in [-0.1, -0.05) is 30.3 Å². The molecule has 1 rings (SSSR count). The highest BCUT2D eigenvalue weighted by Gasteiger charge is 2.10. The third-order valence-corrected chi connectivity index (χ3v) is 1.62. The molecule has 0 radical (unpaired) electrons. The van der Waals surface area contributed by atoms with E-state index in [0.29, 0.717) is 6.42 Å². The highest BCUT2D eigenvalue weighted by molar-refractivity contribution is 5.73. The number of hydrogen-bond donors (Lipinski definition) is 2. The quantitative estimate of drug-likeness (QED) is 0.694. The molecular formula is C9H11NO2. The summed E-state index contributed by atoms with van der Waals surface area (Å²) in [5, 5.41) is 8.52. The van der Waals surface area contributed by atoms with Crippen LogP contribution in [-0.4, -0.2) is 17.1 Å². The second kappa shape index (κ2) is 3.88. The van der Waals surface area contributed by atoms with Crippen molar-refractivity contribution in [2.24, 2.45) is 5.73 Å². The minimum Gasteiger partial charge on any atom is -0.480 e. The minimum absolute atomic E-state index is 0.385. The van der Waals surface area contributed by atoms with Crippen LogP contribution in [-0.2, 0) is 11.2 Å². The molecule has 0 bridgehead atoms. The topological polar surface area (TPSA) is 63.3 Å². The van der Waals surface area contributed by atoms with Crippen molar-refractivity contribution < 1.29 is 9.90 Å². The molecule has 3 N–H and O–H groups in total. The summed E-state index contributed by atoms with van der Waals surface area (Å²) in [6.07, 6.45) is 0.385. The van der Waals surface area contributed by atoms with E-state index < -0.39 is 12.0 Å². The second-order valence-electron chi connectivity index (χ2n) is 2.63. The van der Waals surface area contributed by atoms with Gasteiger partial charge in [0.05, 0.1) is 0 Å². The summed E-state index contributed by atoms with van der Waals surface area (Å²) >= 11 is 0. The number of carboxylic acids is 1. The van der Waals surface area contributed by atoms with Crippen molar-refractivity contribution in [2.75, 3.05) is 0 Å². The van der Waals surface area contributed by atoms with Crippen molar-refractivity contribution in [2.45, 2.75) is 12.5 Å². The van der Waals surface area contributed by atoms with Gasteiger partial charge in [-0.3, -0.25) is 4.79 Å². The number of carboxylic acid groups (broad SMARTS) is 1. The number of carbonyl (C=O) groups is 1. The third kappa shape index (κ3) is 2.36. The Morgan fingerprint density at radius 3 is 2.50 bits per heavy atom. The summed E-state index contributed by atoms with van der Waals surface area (Å²) in [7, 11) is 0. The molecule has 0 saturated carbocycles. The van der Waals surface area contributed by atoms with Crippen molar-refractivity contribution in [1.82, 2.24) is 0 Å². The average Bonchev–Trinajstić information content (AvgIpc) is 2.06. The van der Waals surface area contributed by atoms with Gasteiger partial charge in [-0.2, -0.15) is 0 Å². The van der Waals surface area contributed by atoms with E-state index in [2.05, 4.69) is 0 Å². The number of hydrogen-bond acceptors (Lipinski definition) is 2. The first-order valence-corrected chi connectivity index (χ1v) is 3.72. The van der Waals surface area contributed by atoms with Gasteiger partial charge in [-0.15, -0.1) is 0 Å². The fourth-order valence-electron chi connectivity index (χ4n) is 0.955. The molecule has 1 aromatic carbocycles. The van der Waals surface area contributed by atoms with E-state index in [9.17, 15) is 4.79 Å². The molecule has 1 unspecified atom stereocenters. The van der Waals surface area contributed by atoms with E-state index in [0.717, 1.165) is 5.56 Å². The number of aliphatic carboxylic acids is 1. The summed E-state index contributed by atoms with van der Waals surface area (Å²) in [5.41, 5.74) is 6.30. The Morgan fingerprint density at radius 1 is 1.42 bits per heavy atom. The summed E-state index contributed by atoms with van der Waals surface area (Å²) in [5.74, 6) is -0.959. The van der Waals surface area contributed by atoms with Gasteiger partial charge >= 0.3 is 5.97 Å². The largest absolute Gasteiger partial charge is 0.480 e. The summed E-state index contributed by atoms with van der Waals surface area (Å²) in [4.78, 5) is 10.4. The molecule has 0 spiro atoms. The second-order valence-corrected chi connectivity index (χ2v) is 2.63. The van der Waals surface area contributed by atoms with Crippen LogP contribution in [0.15, 0.2) is 30.3 Å². The van der Waals surface area contributed by atoms with E-state index in [4.69, 9.17) is 10.8 Å². The molecule has 0 aliphatic rings. The molecule has 0 saturated heterocycles. The maximum absolute atomic E-state index is 10.4. The van der Waals surface area contributed by atoms with E-state index in [1.54, 1.807) is 0 Å². The zero-order chi connectivity index (χ0) is 8.97. The monoisotopic (exact) mass is 167 g/mol. The van der Waals surface area contributed by atoms with Gasteiger partial charge in [-0.25, -0.2) is 0 Å². The standard InChI is InChI=1S/C9H11NO2/c10-8(9(11)12)6-7-4-2-1-3-5-7/h1-5,8H,6,10H2,(H,11,12)/i9+2. The Kier molecular flexibility index (Phi) is 2.82. The zero-order valence-electron chi connectivity index (χ0n) is 6.60. The van der Waals surface area contributed by atoms with Crippen molar-refractivity contribution >= 4 is 5.97 Å². The smallest absolute Gasteiger partial charge is 0.320 e. The normalized spacial score (nSPS) is 12.4. The van der Waals surface area contributed by atoms with Crippen LogP contribution in [0.25, 0.3) is 0 Å². The van der Waals surface area contributed by atoms with Crippen LogP contribution in [0.2, 0.25) is 0 Å². The van der Waals surface area contributed by atoms with Crippen LogP contribution in [0.5, 0.6) is 0 Å². The lowest BCUT2D eigenvalue weighted by Crippen LogP contribution is -2.32. The molecule has 0 aliphatic heterocycles. The fourth-order valence-corrected chi connectivity index (χ4v) is 0.955. The van der Waals surface area contributed by atoms with Crippen LogP contribution in [0.1, 0.15) is 5.56 Å². The lowest BCUT2D eigenvalue weighted by Gasteiger charge is -2.04. The Balaban J connectivity index is 2.58. The first kappa shape index (κ1) is 8.74. The summed E-state index contributed by atoms with van der Waals surface area (Å²) in [6.45, 7) is 0. The highest BCUT2D eigenvalue weighted by atomic mass is 16.6. The molecule has 3 nitrogen and oxygen atoms in total. The number of nitrogens with two attached hydrogens (primary N) is 1. The van der Waals surface area contributed by atoms with Gasteiger partial charge in [0, 0.05) is 0 Å². The van der Waals surface area contributed by atoms with Gasteiger partial charge < -0.3 is 10.8 Å². The fraction of sp³-hybridized carbons (Fsp3) is 0.222. The zero-order valence-corrected chi connectivity index (χ0v) is 6.60. The highest BCUT2D eigenvalue weighted by Crippen LogP contribution is 2.01. The molecule has 0 aromatic heterocycles. The Labute approximate surface area is 70.8 Å². The van der Waals surface area contributed by atoms with Gasteiger partial charge in [0.15, 0.2) is 0 Å². The van der Waals surface area contributed by atoms with Crippen LogP contribution in [0.3, 0.4) is 0 Å². The third-order valence-electron chi connectivity index (χ3n) is 1.62. The lowest BCUT2D eigenvalue weighted by molar-refractivity contribution is -0.138. The predicted octanol–water partition coefficient (Wildman–Crippen LogP) is 0.641. The van der Waals surface area contributed by atoms with Gasteiger partial charge in [-0.05, 0) is 12.0 Å². The molecule has 1 atom stereocenters. The molecule has 0 heterocycles. The van der Waals surface area contributed by atoms with Gasteiger partial charge in [0.1, 0.15) is 6.04 Å². The molecule has 0 fully saturated rings. The van der Waals surface area contributed by atoms with Crippen LogP contribution in [0, 0.1) is 0 Å². The number of rotatable bonds is 3. The Morgan fingerprint density at radius 2 is 2.00 bits per heavy atom. The van der Waals surface area contributed by atoms with Gasteiger partial charge in [0.2, 0.25) is 0 Å². The Hall–Kier alpha value is -1.35. The molecular weight excluding hydrogens is 156 g/mol.